The molecule has 0 aliphatic carbocycles. The number of nitrogens with one attached hydrogen (secondary N) is 1. The van der Waals surface area contributed by atoms with Gasteiger partial charge in [0.25, 0.3) is 0 Å². The molecule has 0 bridgehead atoms. The molecule has 0 spiro atoms. The fourth-order valence-corrected chi connectivity index (χ4v) is 2.88. The average molecular weight is 340 g/mol. The normalized spacial score (nSPS) is 11.9. The minimum Gasteiger partial charge on any atom is -0.342 e. The van der Waals surface area contributed by atoms with Crippen molar-refractivity contribution in [3.63, 3.8) is 0 Å². The number of imidazole rings is 1. The van der Waals surface area contributed by atoms with Crippen molar-refractivity contribution in [3.8, 4) is 0 Å². The Morgan fingerprint density at radius 1 is 1.17 bits per heavy atom. The lowest BCUT2D eigenvalue weighted by Crippen LogP contribution is -2.32. The van der Waals surface area contributed by atoms with Crippen molar-refractivity contribution in [1.82, 2.24) is 14.9 Å². The van der Waals surface area contributed by atoms with Crippen LogP contribution in [0.4, 0.5) is 0 Å². The van der Waals surface area contributed by atoms with Gasteiger partial charge in [-0.15, -0.1) is 0 Å². The predicted octanol–water partition coefficient (Wildman–Crippen LogP) is 3.52. The number of halogens is 1. The van der Waals surface area contributed by atoms with Crippen molar-refractivity contribution in [3.05, 3.63) is 89.0 Å². The molecular weight excluding hydrogens is 322 g/mol. The molecule has 1 amide bonds. The van der Waals surface area contributed by atoms with Crippen LogP contribution in [0.15, 0.2) is 67.0 Å². The van der Waals surface area contributed by atoms with Gasteiger partial charge in [-0.05, 0) is 11.6 Å². The Morgan fingerprint density at radius 2 is 1.88 bits per heavy atom. The van der Waals surface area contributed by atoms with Crippen LogP contribution in [0.2, 0.25) is 5.02 Å². The minimum atomic E-state index is -0.394. The van der Waals surface area contributed by atoms with E-state index in [4.69, 9.17) is 11.6 Å². The van der Waals surface area contributed by atoms with Gasteiger partial charge in [-0.25, -0.2) is 4.98 Å². The van der Waals surface area contributed by atoms with Crippen molar-refractivity contribution in [1.29, 1.82) is 0 Å². The highest BCUT2D eigenvalue weighted by Crippen LogP contribution is 2.27. The average Bonchev–Trinajstić information content (AvgIpc) is 3.00. The number of nitrogens with zero attached hydrogens (tertiary/aromatic N) is 2. The molecule has 0 saturated heterocycles. The molecule has 1 aromatic heterocycles. The van der Waals surface area contributed by atoms with Gasteiger partial charge in [0, 0.05) is 30.0 Å². The number of benzene rings is 2. The lowest BCUT2D eigenvalue weighted by molar-refractivity contribution is -0.121. The van der Waals surface area contributed by atoms with Crippen molar-refractivity contribution < 1.29 is 4.79 Å². The minimum absolute atomic E-state index is 0.0749. The number of carbonyl (C=O) groups is 1. The Morgan fingerprint density at radius 3 is 2.54 bits per heavy atom. The second-order valence-corrected chi connectivity index (χ2v) is 5.99. The highest BCUT2D eigenvalue weighted by atomic mass is 35.5. The molecule has 24 heavy (non-hydrogen) atoms. The standard InChI is InChI=1S/C19H18ClN3O/c1-23-12-11-21-19(23)18(15-9-5-6-10-16(15)20)22-17(24)13-14-7-3-2-4-8-14/h2-12,18H,13H2,1H3,(H,22,24). The van der Waals surface area contributed by atoms with E-state index in [1.165, 1.54) is 0 Å². The number of hydrogen-bond acceptors (Lipinski definition) is 2. The zero-order chi connectivity index (χ0) is 16.9. The molecular formula is C19H18ClN3O. The first kappa shape index (κ1) is 16.3. The van der Waals surface area contributed by atoms with E-state index in [0.29, 0.717) is 11.4 Å². The summed E-state index contributed by atoms with van der Waals surface area (Å²) in [5, 5.41) is 3.66. The Labute approximate surface area is 146 Å². The molecule has 0 aliphatic heterocycles. The number of aryl methyl sites for hydroxylation is 1. The third kappa shape index (κ3) is 3.66. The molecule has 1 unspecified atom stereocenters. The lowest BCUT2D eigenvalue weighted by Gasteiger charge is -2.20. The fraction of sp³-hybridized carbons (Fsp3) is 0.158. The maximum absolute atomic E-state index is 12.5. The molecule has 0 fully saturated rings. The zero-order valence-corrected chi connectivity index (χ0v) is 14.1. The number of carbonyl (C=O) groups excluding carboxylic acids is 1. The third-order valence-electron chi connectivity index (χ3n) is 3.85. The SMILES string of the molecule is Cn1ccnc1C(NC(=O)Cc1ccccc1)c1ccccc1Cl. The summed E-state index contributed by atoms with van der Waals surface area (Å²) in [6.45, 7) is 0. The summed E-state index contributed by atoms with van der Waals surface area (Å²) in [5.41, 5.74) is 1.79. The number of hydrogen-bond donors (Lipinski definition) is 1. The molecule has 0 radical (unpaired) electrons. The first-order chi connectivity index (χ1) is 11.6. The smallest absolute Gasteiger partial charge is 0.225 e. The molecule has 4 nitrogen and oxygen atoms in total. The second kappa shape index (κ2) is 7.32. The number of rotatable bonds is 5. The Kier molecular flexibility index (Phi) is 4.96. The van der Waals surface area contributed by atoms with Gasteiger partial charge in [-0.1, -0.05) is 60.1 Å². The van der Waals surface area contributed by atoms with Gasteiger partial charge in [-0.3, -0.25) is 4.79 Å². The van der Waals surface area contributed by atoms with Gasteiger partial charge in [0.15, 0.2) is 0 Å². The lowest BCUT2D eigenvalue weighted by atomic mass is 10.0. The molecule has 3 rings (SSSR count). The molecule has 3 aromatic rings. The Hall–Kier alpha value is -2.59. The summed E-state index contributed by atoms with van der Waals surface area (Å²) < 4.78 is 1.89. The van der Waals surface area contributed by atoms with E-state index in [9.17, 15) is 4.79 Å². The number of aromatic nitrogens is 2. The summed E-state index contributed by atoms with van der Waals surface area (Å²) in [4.78, 5) is 16.9. The molecule has 1 heterocycles. The maximum atomic E-state index is 12.5. The topological polar surface area (TPSA) is 46.9 Å². The maximum Gasteiger partial charge on any atom is 0.225 e. The summed E-state index contributed by atoms with van der Waals surface area (Å²) in [6, 6.07) is 16.8. The van der Waals surface area contributed by atoms with E-state index in [1.807, 2.05) is 72.4 Å². The van der Waals surface area contributed by atoms with E-state index in [2.05, 4.69) is 10.3 Å². The highest BCUT2D eigenvalue weighted by Gasteiger charge is 2.22. The van der Waals surface area contributed by atoms with Crippen LogP contribution in [-0.2, 0) is 18.3 Å². The molecule has 122 valence electrons. The Bertz CT molecular complexity index is 829. The van der Waals surface area contributed by atoms with Crippen LogP contribution in [0.1, 0.15) is 23.0 Å². The van der Waals surface area contributed by atoms with E-state index in [1.54, 1.807) is 6.20 Å². The van der Waals surface area contributed by atoms with Crippen molar-refractivity contribution in [2.24, 2.45) is 7.05 Å². The van der Waals surface area contributed by atoms with Crippen LogP contribution >= 0.6 is 11.6 Å². The van der Waals surface area contributed by atoms with Crippen molar-refractivity contribution in [2.75, 3.05) is 0 Å². The fourth-order valence-electron chi connectivity index (χ4n) is 2.64. The first-order valence-corrected chi connectivity index (χ1v) is 8.08. The predicted molar refractivity (Wildman–Crippen MR) is 94.8 cm³/mol. The van der Waals surface area contributed by atoms with Crippen LogP contribution in [-0.4, -0.2) is 15.5 Å². The molecule has 5 heteroatoms. The molecule has 2 aromatic carbocycles. The van der Waals surface area contributed by atoms with Crippen LogP contribution < -0.4 is 5.32 Å². The van der Waals surface area contributed by atoms with E-state index >= 15 is 0 Å². The van der Waals surface area contributed by atoms with Gasteiger partial charge >= 0.3 is 0 Å². The highest BCUT2D eigenvalue weighted by molar-refractivity contribution is 6.31. The largest absolute Gasteiger partial charge is 0.342 e. The number of amides is 1. The van der Waals surface area contributed by atoms with Gasteiger partial charge in [0.05, 0.1) is 6.42 Å². The summed E-state index contributed by atoms with van der Waals surface area (Å²) in [5.74, 6) is 0.665. The molecule has 1 atom stereocenters. The summed E-state index contributed by atoms with van der Waals surface area (Å²) >= 11 is 6.34. The summed E-state index contributed by atoms with van der Waals surface area (Å²) in [6.07, 6.45) is 3.87. The van der Waals surface area contributed by atoms with Crippen LogP contribution in [0, 0.1) is 0 Å². The van der Waals surface area contributed by atoms with Gasteiger partial charge in [0.2, 0.25) is 5.91 Å². The zero-order valence-electron chi connectivity index (χ0n) is 13.3. The molecule has 0 aliphatic rings. The quantitative estimate of drug-likeness (QED) is 0.773. The second-order valence-electron chi connectivity index (χ2n) is 5.58. The molecule has 1 N–H and O–H groups in total. The Balaban J connectivity index is 1.87. The van der Waals surface area contributed by atoms with Crippen molar-refractivity contribution in [2.45, 2.75) is 12.5 Å². The van der Waals surface area contributed by atoms with Gasteiger partial charge < -0.3 is 9.88 Å². The third-order valence-corrected chi connectivity index (χ3v) is 4.19. The van der Waals surface area contributed by atoms with Crippen LogP contribution in [0.25, 0.3) is 0 Å². The molecule has 0 saturated carbocycles. The monoisotopic (exact) mass is 339 g/mol. The van der Waals surface area contributed by atoms with Gasteiger partial charge in [-0.2, -0.15) is 0 Å². The van der Waals surface area contributed by atoms with Crippen LogP contribution in [0.3, 0.4) is 0 Å². The van der Waals surface area contributed by atoms with E-state index in [0.717, 1.165) is 17.0 Å². The first-order valence-electron chi connectivity index (χ1n) is 7.70. The van der Waals surface area contributed by atoms with Crippen LogP contribution in [0.5, 0.6) is 0 Å². The van der Waals surface area contributed by atoms with E-state index in [-0.39, 0.29) is 5.91 Å². The summed E-state index contributed by atoms with van der Waals surface area (Å²) in [7, 11) is 1.90. The van der Waals surface area contributed by atoms with Crippen molar-refractivity contribution >= 4 is 17.5 Å². The van der Waals surface area contributed by atoms with Gasteiger partial charge in [0.1, 0.15) is 11.9 Å². The van der Waals surface area contributed by atoms with E-state index < -0.39 is 6.04 Å².